The van der Waals surface area contributed by atoms with Crippen LogP contribution in [0.3, 0.4) is 0 Å². The van der Waals surface area contributed by atoms with Gasteiger partial charge in [-0.15, -0.1) is 0 Å². The number of thiocarbonyl (C=S) groups is 1. The van der Waals surface area contributed by atoms with E-state index in [0.717, 1.165) is 17.5 Å². The van der Waals surface area contributed by atoms with Crippen molar-refractivity contribution in [2.45, 2.75) is 19.3 Å². The molecule has 1 unspecified atom stereocenters. The van der Waals surface area contributed by atoms with Crippen LogP contribution in [0.15, 0.2) is 60.7 Å². The predicted octanol–water partition coefficient (Wildman–Crippen LogP) is 3.90. The second-order valence-corrected chi connectivity index (χ2v) is 4.97. The van der Waals surface area contributed by atoms with E-state index >= 15 is 0 Å². The van der Waals surface area contributed by atoms with Gasteiger partial charge < -0.3 is 4.74 Å². The maximum Gasteiger partial charge on any atom is 0.308 e. The van der Waals surface area contributed by atoms with Gasteiger partial charge in [0.15, 0.2) is 5.05 Å². The van der Waals surface area contributed by atoms with E-state index in [2.05, 4.69) is 0 Å². The first-order chi connectivity index (χ1) is 9.66. The molecule has 0 N–H and O–H groups in total. The van der Waals surface area contributed by atoms with E-state index in [1.54, 1.807) is 0 Å². The first-order valence-electron chi connectivity index (χ1n) is 6.48. The molecule has 0 aliphatic heterocycles. The minimum absolute atomic E-state index is 0.0995. The number of carbonyl (C=O) groups excluding carboxylic acids is 1. The van der Waals surface area contributed by atoms with Gasteiger partial charge in [0.05, 0.1) is 5.92 Å². The average Bonchev–Trinajstić information content (AvgIpc) is 2.46. The van der Waals surface area contributed by atoms with Crippen molar-refractivity contribution in [3.05, 3.63) is 71.8 Å². The topological polar surface area (TPSA) is 26.3 Å². The van der Waals surface area contributed by atoms with Gasteiger partial charge in [-0.05, 0) is 29.8 Å². The van der Waals surface area contributed by atoms with Gasteiger partial charge in [-0.1, -0.05) is 60.7 Å². The van der Waals surface area contributed by atoms with E-state index in [-0.39, 0.29) is 11.9 Å². The van der Waals surface area contributed by atoms with Crippen LogP contribution in [0.25, 0.3) is 0 Å². The van der Waals surface area contributed by atoms with E-state index in [9.17, 15) is 4.79 Å². The largest absolute Gasteiger partial charge is 0.419 e. The molecular formula is C17H16O2S. The van der Waals surface area contributed by atoms with Gasteiger partial charge in [0.2, 0.25) is 0 Å². The van der Waals surface area contributed by atoms with Crippen LogP contribution in [-0.2, 0) is 16.0 Å². The molecule has 20 heavy (non-hydrogen) atoms. The number of benzene rings is 2. The minimum atomic E-state index is -0.371. The lowest BCUT2D eigenvalue weighted by atomic mass is 9.92. The van der Waals surface area contributed by atoms with Gasteiger partial charge in [-0.3, -0.25) is 4.79 Å². The molecule has 0 aliphatic rings. The molecule has 0 radical (unpaired) electrons. The van der Waals surface area contributed by atoms with E-state index in [1.165, 1.54) is 6.92 Å². The summed E-state index contributed by atoms with van der Waals surface area (Å²) in [7, 11) is 0. The van der Waals surface area contributed by atoms with Gasteiger partial charge in [0, 0.05) is 6.92 Å². The molecule has 0 spiro atoms. The number of ether oxygens (including phenoxy) is 1. The van der Waals surface area contributed by atoms with Crippen LogP contribution in [0, 0.1) is 0 Å². The summed E-state index contributed by atoms with van der Waals surface area (Å²) in [4.78, 5) is 11.1. The molecule has 2 rings (SSSR count). The lowest BCUT2D eigenvalue weighted by Gasteiger charge is -2.18. The van der Waals surface area contributed by atoms with E-state index in [0.29, 0.717) is 5.05 Å². The summed E-state index contributed by atoms with van der Waals surface area (Å²) in [6.45, 7) is 1.37. The van der Waals surface area contributed by atoms with Crippen LogP contribution in [0.1, 0.15) is 24.0 Å². The first-order valence-corrected chi connectivity index (χ1v) is 6.89. The molecule has 0 saturated heterocycles. The Hall–Kier alpha value is -2.00. The number of esters is 1. The fourth-order valence-corrected chi connectivity index (χ4v) is 2.42. The Morgan fingerprint density at radius 3 is 2.15 bits per heavy atom. The third kappa shape index (κ3) is 4.00. The SMILES string of the molecule is CC(=O)OC(=S)C(Cc1ccccc1)c1ccccc1. The average molecular weight is 284 g/mol. The summed E-state index contributed by atoms with van der Waals surface area (Å²) in [6, 6.07) is 19.9. The van der Waals surface area contributed by atoms with Crippen molar-refractivity contribution in [2.24, 2.45) is 0 Å². The maximum atomic E-state index is 11.1. The van der Waals surface area contributed by atoms with E-state index < -0.39 is 0 Å². The molecule has 2 nitrogen and oxygen atoms in total. The molecule has 2 aromatic carbocycles. The summed E-state index contributed by atoms with van der Waals surface area (Å²) < 4.78 is 5.13. The molecule has 102 valence electrons. The highest BCUT2D eigenvalue weighted by Gasteiger charge is 2.20. The number of hydrogen-bond donors (Lipinski definition) is 0. The van der Waals surface area contributed by atoms with Gasteiger partial charge in [-0.25, -0.2) is 0 Å². The Balaban J connectivity index is 2.25. The zero-order chi connectivity index (χ0) is 14.4. The van der Waals surface area contributed by atoms with E-state index in [4.69, 9.17) is 17.0 Å². The van der Waals surface area contributed by atoms with Gasteiger partial charge in [0.1, 0.15) is 0 Å². The Morgan fingerprint density at radius 1 is 1.05 bits per heavy atom. The Labute approximate surface area is 124 Å². The standard InChI is InChI=1S/C17H16O2S/c1-13(18)19-17(20)16(15-10-6-3-7-11-15)12-14-8-4-2-5-9-14/h2-11,16H,12H2,1H3. The number of carbonyl (C=O) groups is 1. The normalized spacial score (nSPS) is 11.7. The van der Waals surface area contributed by atoms with Crippen molar-refractivity contribution in [1.29, 1.82) is 0 Å². The Bertz CT molecular complexity index is 578. The highest BCUT2D eigenvalue weighted by molar-refractivity contribution is 7.80. The lowest BCUT2D eigenvalue weighted by molar-refractivity contribution is -0.133. The van der Waals surface area contributed by atoms with Crippen molar-refractivity contribution >= 4 is 23.2 Å². The molecule has 0 heterocycles. The molecule has 0 amide bonds. The summed E-state index contributed by atoms with van der Waals surface area (Å²) in [5.74, 6) is -0.471. The second-order valence-electron chi connectivity index (χ2n) is 4.57. The third-order valence-electron chi connectivity index (χ3n) is 3.01. The lowest BCUT2D eigenvalue weighted by Crippen LogP contribution is -2.18. The molecule has 2 aromatic rings. The molecule has 0 saturated carbocycles. The Morgan fingerprint density at radius 2 is 1.60 bits per heavy atom. The smallest absolute Gasteiger partial charge is 0.308 e. The molecule has 0 bridgehead atoms. The summed E-state index contributed by atoms with van der Waals surface area (Å²) in [5, 5.41) is 0.326. The summed E-state index contributed by atoms with van der Waals surface area (Å²) in [6.07, 6.45) is 0.719. The highest BCUT2D eigenvalue weighted by Crippen LogP contribution is 2.23. The van der Waals surface area contributed by atoms with Crippen LogP contribution < -0.4 is 0 Å². The number of hydrogen-bond acceptors (Lipinski definition) is 3. The fraction of sp³-hybridized carbons (Fsp3) is 0.176. The van der Waals surface area contributed by atoms with Crippen molar-refractivity contribution < 1.29 is 9.53 Å². The van der Waals surface area contributed by atoms with Crippen LogP contribution >= 0.6 is 12.2 Å². The zero-order valence-corrected chi connectivity index (χ0v) is 12.1. The quantitative estimate of drug-likeness (QED) is 0.629. The molecular weight excluding hydrogens is 268 g/mol. The van der Waals surface area contributed by atoms with Crippen molar-refractivity contribution in [3.63, 3.8) is 0 Å². The van der Waals surface area contributed by atoms with Crippen molar-refractivity contribution in [2.75, 3.05) is 0 Å². The minimum Gasteiger partial charge on any atom is -0.419 e. The first kappa shape index (κ1) is 14.4. The van der Waals surface area contributed by atoms with Crippen LogP contribution in [0.5, 0.6) is 0 Å². The van der Waals surface area contributed by atoms with Crippen LogP contribution in [-0.4, -0.2) is 11.0 Å². The second kappa shape index (κ2) is 6.96. The zero-order valence-electron chi connectivity index (χ0n) is 11.3. The molecule has 0 fully saturated rings. The predicted molar refractivity (Wildman–Crippen MR) is 83.7 cm³/mol. The molecule has 0 aliphatic carbocycles. The molecule has 0 aromatic heterocycles. The number of rotatable bonds is 4. The monoisotopic (exact) mass is 284 g/mol. The van der Waals surface area contributed by atoms with Crippen LogP contribution in [0.2, 0.25) is 0 Å². The third-order valence-corrected chi connectivity index (χ3v) is 3.38. The van der Waals surface area contributed by atoms with Gasteiger partial charge in [0.25, 0.3) is 0 Å². The summed E-state index contributed by atoms with van der Waals surface area (Å²) in [5.41, 5.74) is 2.22. The van der Waals surface area contributed by atoms with Gasteiger partial charge in [-0.2, -0.15) is 0 Å². The fourth-order valence-electron chi connectivity index (χ4n) is 2.09. The molecule has 3 heteroatoms. The van der Waals surface area contributed by atoms with Crippen LogP contribution in [0.4, 0.5) is 0 Å². The summed E-state index contributed by atoms with van der Waals surface area (Å²) >= 11 is 5.29. The van der Waals surface area contributed by atoms with Crippen molar-refractivity contribution in [1.82, 2.24) is 0 Å². The van der Waals surface area contributed by atoms with Crippen molar-refractivity contribution in [3.8, 4) is 0 Å². The highest BCUT2D eigenvalue weighted by atomic mass is 32.1. The molecule has 1 atom stereocenters. The maximum absolute atomic E-state index is 11.1. The van der Waals surface area contributed by atoms with Gasteiger partial charge >= 0.3 is 5.97 Å². The van der Waals surface area contributed by atoms with E-state index in [1.807, 2.05) is 60.7 Å². The Kier molecular flexibility index (Phi) is 5.02.